The van der Waals surface area contributed by atoms with E-state index in [9.17, 15) is 5.26 Å². The van der Waals surface area contributed by atoms with Crippen LogP contribution >= 0.6 is 0 Å². The minimum absolute atomic E-state index is 0.240. The van der Waals surface area contributed by atoms with Crippen molar-refractivity contribution in [3.8, 4) is 62.5 Å². The summed E-state index contributed by atoms with van der Waals surface area (Å²) in [6.45, 7) is 0. The normalized spacial score (nSPS) is 21.8. The van der Waals surface area contributed by atoms with E-state index in [0.717, 1.165) is 33.9 Å². The molecule has 4 fully saturated rings. The van der Waals surface area contributed by atoms with Crippen molar-refractivity contribution in [3.63, 3.8) is 0 Å². The molecule has 278 valence electrons. The number of benzene rings is 7. The molecule has 4 nitrogen and oxygen atoms in total. The molecule has 12 rings (SSSR count). The molecule has 4 heteroatoms. The number of rotatable bonds is 7. The predicted octanol–water partition coefficient (Wildman–Crippen LogP) is 13.0. The van der Waals surface area contributed by atoms with Gasteiger partial charge in [0.2, 0.25) is 0 Å². The van der Waals surface area contributed by atoms with Gasteiger partial charge >= 0.3 is 0 Å². The van der Waals surface area contributed by atoms with Gasteiger partial charge in [-0.1, -0.05) is 146 Å². The predicted molar refractivity (Wildman–Crippen MR) is 234 cm³/mol. The zero-order valence-corrected chi connectivity index (χ0v) is 32.4. The molecule has 0 saturated heterocycles. The first-order chi connectivity index (χ1) is 28.5. The quantitative estimate of drug-likeness (QED) is 0.163. The highest BCUT2D eigenvalue weighted by molar-refractivity contribution is 5.90. The SMILES string of the molecule is N#Cc1ccc(-c2ccc(C34CC5CC(C3)CC(c3ccc(-c6ccc7cc(-c8nc(-c9ccccc9)nc(-c9ccccc9)n8)ccc7c6)cc3)(C5)C4)cc2)cc1. The molecular formula is C54H42N4. The molecule has 1 heterocycles. The van der Waals surface area contributed by atoms with Crippen LogP contribution in [0.15, 0.2) is 170 Å². The second-order valence-electron chi connectivity index (χ2n) is 17.2. The zero-order valence-electron chi connectivity index (χ0n) is 32.4. The number of hydrogen-bond donors (Lipinski definition) is 0. The van der Waals surface area contributed by atoms with Crippen LogP contribution in [0, 0.1) is 23.2 Å². The molecule has 4 saturated carbocycles. The Kier molecular flexibility index (Phi) is 8.19. The number of fused-ring (bicyclic) bond motifs is 1. The van der Waals surface area contributed by atoms with E-state index in [1.54, 1.807) is 0 Å². The maximum absolute atomic E-state index is 9.24. The van der Waals surface area contributed by atoms with E-state index in [1.165, 1.54) is 77.3 Å². The van der Waals surface area contributed by atoms with Gasteiger partial charge < -0.3 is 0 Å². The van der Waals surface area contributed by atoms with Crippen LogP contribution in [0.3, 0.4) is 0 Å². The van der Waals surface area contributed by atoms with Gasteiger partial charge in [-0.15, -0.1) is 0 Å². The van der Waals surface area contributed by atoms with Crippen LogP contribution in [0.4, 0.5) is 0 Å². The molecule has 0 amide bonds. The second-order valence-corrected chi connectivity index (χ2v) is 17.2. The lowest BCUT2D eigenvalue weighted by molar-refractivity contribution is -0.0281. The van der Waals surface area contributed by atoms with E-state index in [-0.39, 0.29) is 10.8 Å². The molecule has 0 radical (unpaired) electrons. The zero-order chi connectivity index (χ0) is 38.7. The molecule has 0 aliphatic heterocycles. The molecule has 4 aliphatic carbocycles. The Labute approximate surface area is 340 Å². The van der Waals surface area contributed by atoms with E-state index in [1.807, 2.05) is 72.8 Å². The number of nitrogens with zero attached hydrogens (tertiary/aromatic N) is 4. The molecule has 7 aromatic carbocycles. The summed E-state index contributed by atoms with van der Waals surface area (Å²) in [5.74, 6) is 3.58. The summed E-state index contributed by atoms with van der Waals surface area (Å²) >= 11 is 0. The summed E-state index contributed by atoms with van der Waals surface area (Å²) in [5, 5.41) is 11.6. The molecule has 2 unspecified atom stereocenters. The lowest BCUT2D eigenvalue weighted by Gasteiger charge is -2.63. The maximum Gasteiger partial charge on any atom is 0.164 e. The van der Waals surface area contributed by atoms with Crippen LogP contribution in [0.5, 0.6) is 0 Å². The van der Waals surface area contributed by atoms with Crippen LogP contribution < -0.4 is 0 Å². The van der Waals surface area contributed by atoms with Gasteiger partial charge in [-0.05, 0) is 130 Å². The topological polar surface area (TPSA) is 62.5 Å². The van der Waals surface area contributed by atoms with E-state index >= 15 is 0 Å². The van der Waals surface area contributed by atoms with E-state index < -0.39 is 0 Å². The van der Waals surface area contributed by atoms with Crippen molar-refractivity contribution in [3.05, 3.63) is 187 Å². The molecule has 58 heavy (non-hydrogen) atoms. The van der Waals surface area contributed by atoms with Gasteiger partial charge in [-0.3, -0.25) is 0 Å². The highest BCUT2D eigenvalue weighted by Gasteiger charge is 2.58. The fourth-order valence-corrected chi connectivity index (χ4v) is 11.2. The standard InChI is InChI=1S/C54H42N4/c55-34-36-11-13-39(14-12-36)40-19-23-48(24-20-40)53-30-37-27-38(31-53)33-54(32-37,35-53)49-25-21-41(22-26-49)44-15-16-46-29-47(18-17-45(46)28-44)52-57-50(42-7-3-1-4-8-42)56-51(58-52)43-9-5-2-6-10-43/h1-26,28-29,37-38H,27,30-33,35H2. The summed E-state index contributed by atoms with van der Waals surface area (Å²) in [5.41, 5.74) is 12.0. The number of nitriles is 1. The van der Waals surface area contributed by atoms with Gasteiger partial charge in [0.1, 0.15) is 0 Å². The van der Waals surface area contributed by atoms with Crippen LogP contribution in [0.1, 0.15) is 55.2 Å². The average molecular weight is 747 g/mol. The monoisotopic (exact) mass is 746 g/mol. The first kappa shape index (κ1) is 34.5. The van der Waals surface area contributed by atoms with Crippen molar-refractivity contribution >= 4 is 10.8 Å². The summed E-state index contributed by atoms with van der Waals surface area (Å²) in [6, 6.07) is 62.8. The van der Waals surface area contributed by atoms with Crippen molar-refractivity contribution in [1.82, 2.24) is 15.0 Å². The van der Waals surface area contributed by atoms with Gasteiger partial charge in [-0.2, -0.15) is 5.26 Å². The van der Waals surface area contributed by atoms with Crippen LogP contribution in [0.2, 0.25) is 0 Å². The van der Waals surface area contributed by atoms with Crippen molar-refractivity contribution < 1.29 is 0 Å². The summed E-state index contributed by atoms with van der Waals surface area (Å²) < 4.78 is 0. The molecule has 1 aromatic heterocycles. The Morgan fingerprint density at radius 1 is 0.414 bits per heavy atom. The smallest absolute Gasteiger partial charge is 0.164 e. The van der Waals surface area contributed by atoms with Gasteiger partial charge in [0.25, 0.3) is 0 Å². The Bertz CT molecular complexity index is 2770. The van der Waals surface area contributed by atoms with E-state index in [0.29, 0.717) is 23.0 Å². The van der Waals surface area contributed by atoms with Crippen LogP contribution in [-0.4, -0.2) is 15.0 Å². The largest absolute Gasteiger partial charge is 0.208 e. The Balaban J connectivity index is 0.864. The molecule has 2 atom stereocenters. The second kappa shape index (κ2) is 13.7. The summed E-state index contributed by atoms with van der Waals surface area (Å²) in [6.07, 6.45) is 7.88. The van der Waals surface area contributed by atoms with Crippen molar-refractivity contribution in [2.45, 2.75) is 49.4 Å². The Morgan fingerprint density at radius 2 is 0.810 bits per heavy atom. The van der Waals surface area contributed by atoms with Crippen LogP contribution in [0.25, 0.3) is 67.2 Å². The Hall–Kier alpha value is -6.70. The van der Waals surface area contributed by atoms with Gasteiger partial charge in [-0.25, -0.2) is 15.0 Å². The third-order valence-electron chi connectivity index (χ3n) is 13.5. The van der Waals surface area contributed by atoms with Gasteiger partial charge in [0.15, 0.2) is 17.5 Å². The fraction of sp³-hybridized carbons (Fsp3) is 0.185. The minimum Gasteiger partial charge on any atom is -0.208 e. The highest BCUT2D eigenvalue weighted by Crippen LogP contribution is 2.66. The molecular weight excluding hydrogens is 705 g/mol. The van der Waals surface area contributed by atoms with Gasteiger partial charge in [0.05, 0.1) is 11.6 Å². The fourth-order valence-electron chi connectivity index (χ4n) is 11.2. The molecule has 8 aromatic rings. The maximum atomic E-state index is 9.24. The van der Waals surface area contributed by atoms with Crippen LogP contribution in [-0.2, 0) is 10.8 Å². The van der Waals surface area contributed by atoms with E-state index in [2.05, 4.69) is 103 Å². The van der Waals surface area contributed by atoms with Crippen molar-refractivity contribution in [2.75, 3.05) is 0 Å². The molecule has 0 spiro atoms. The molecule has 4 bridgehead atoms. The highest BCUT2D eigenvalue weighted by atomic mass is 15.0. The first-order valence-electron chi connectivity index (χ1n) is 20.6. The van der Waals surface area contributed by atoms with Crippen molar-refractivity contribution in [1.29, 1.82) is 5.26 Å². The minimum atomic E-state index is 0.240. The number of hydrogen-bond acceptors (Lipinski definition) is 4. The number of aromatic nitrogens is 3. The lowest BCUT2D eigenvalue weighted by atomic mass is 9.41. The summed E-state index contributed by atoms with van der Waals surface area (Å²) in [7, 11) is 0. The lowest BCUT2D eigenvalue weighted by Crippen LogP contribution is -2.55. The third-order valence-corrected chi connectivity index (χ3v) is 13.5. The third kappa shape index (κ3) is 6.10. The Morgan fingerprint density at radius 3 is 1.29 bits per heavy atom. The summed E-state index contributed by atoms with van der Waals surface area (Å²) in [4.78, 5) is 14.8. The molecule has 0 N–H and O–H groups in total. The van der Waals surface area contributed by atoms with Gasteiger partial charge in [0, 0.05) is 16.7 Å². The van der Waals surface area contributed by atoms with Crippen molar-refractivity contribution in [2.24, 2.45) is 11.8 Å². The molecule has 4 aliphatic rings. The average Bonchev–Trinajstić information content (AvgIpc) is 3.29. The first-order valence-corrected chi connectivity index (χ1v) is 20.6. The van der Waals surface area contributed by atoms with E-state index in [4.69, 9.17) is 15.0 Å².